The second kappa shape index (κ2) is 4.18. The molecule has 2 heterocycles. The molecule has 5 nitrogen and oxygen atoms in total. The minimum atomic E-state index is -0.357. The summed E-state index contributed by atoms with van der Waals surface area (Å²) in [4.78, 5) is 24.7. The molecular weight excluding hydrogens is 196 g/mol. The van der Waals surface area contributed by atoms with Crippen molar-refractivity contribution in [3.05, 3.63) is 0 Å². The van der Waals surface area contributed by atoms with E-state index in [1.807, 2.05) is 0 Å². The summed E-state index contributed by atoms with van der Waals surface area (Å²) in [6.45, 7) is 0.725. The molecule has 0 aromatic rings. The van der Waals surface area contributed by atoms with Gasteiger partial charge in [0, 0.05) is 13.0 Å². The molecule has 15 heavy (non-hydrogen) atoms. The van der Waals surface area contributed by atoms with Gasteiger partial charge in [-0.25, -0.2) is 0 Å². The van der Waals surface area contributed by atoms with Crippen molar-refractivity contribution >= 4 is 11.8 Å². The highest BCUT2D eigenvalue weighted by Gasteiger charge is 2.35. The van der Waals surface area contributed by atoms with E-state index in [1.165, 1.54) is 0 Å². The first kappa shape index (κ1) is 10.4. The van der Waals surface area contributed by atoms with Crippen molar-refractivity contribution in [1.82, 2.24) is 10.2 Å². The topological polar surface area (TPSA) is 69.6 Å². The van der Waals surface area contributed by atoms with Crippen molar-refractivity contribution in [1.29, 1.82) is 0 Å². The van der Waals surface area contributed by atoms with Crippen LogP contribution in [0.2, 0.25) is 0 Å². The Hall–Kier alpha value is -1.10. The summed E-state index contributed by atoms with van der Waals surface area (Å²) < 4.78 is 0. The van der Waals surface area contributed by atoms with Crippen LogP contribution in [0.25, 0.3) is 0 Å². The number of amides is 2. The molecular formula is C10H16N2O3. The maximum atomic E-state index is 12.0. The average Bonchev–Trinajstić information content (AvgIpc) is 2.84. The van der Waals surface area contributed by atoms with Crippen LogP contribution in [0.5, 0.6) is 0 Å². The van der Waals surface area contributed by atoms with E-state index in [4.69, 9.17) is 5.11 Å². The van der Waals surface area contributed by atoms with Gasteiger partial charge >= 0.3 is 0 Å². The summed E-state index contributed by atoms with van der Waals surface area (Å²) in [5.74, 6) is -0.0782. The van der Waals surface area contributed by atoms with Crippen LogP contribution in [0.3, 0.4) is 0 Å². The van der Waals surface area contributed by atoms with E-state index >= 15 is 0 Å². The van der Waals surface area contributed by atoms with E-state index in [-0.39, 0.29) is 30.5 Å². The van der Waals surface area contributed by atoms with Crippen molar-refractivity contribution in [3.8, 4) is 0 Å². The van der Waals surface area contributed by atoms with Gasteiger partial charge in [-0.3, -0.25) is 9.59 Å². The van der Waals surface area contributed by atoms with Crippen LogP contribution < -0.4 is 5.32 Å². The molecule has 84 valence electrons. The summed E-state index contributed by atoms with van der Waals surface area (Å²) in [5.41, 5.74) is 0. The molecule has 0 aromatic heterocycles. The predicted molar refractivity (Wildman–Crippen MR) is 53.0 cm³/mol. The van der Waals surface area contributed by atoms with Crippen molar-refractivity contribution in [2.75, 3.05) is 13.2 Å². The third-order valence-corrected chi connectivity index (χ3v) is 3.16. The Morgan fingerprint density at radius 3 is 2.93 bits per heavy atom. The van der Waals surface area contributed by atoms with Crippen LogP contribution in [-0.4, -0.2) is 47.1 Å². The van der Waals surface area contributed by atoms with E-state index in [0.29, 0.717) is 19.4 Å². The van der Waals surface area contributed by atoms with Crippen LogP contribution in [0.1, 0.15) is 25.7 Å². The molecule has 2 N–H and O–H groups in total. The van der Waals surface area contributed by atoms with Crippen molar-refractivity contribution < 1.29 is 14.7 Å². The Kier molecular flexibility index (Phi) is 2.90. The first-order chi connectivity index (χ1) is 7.22. The molecule has 0 radical (unpaired) electrons. The fourth-order valence-electron chi connectivity index (χ4n) is 2.32. The fraction of sp³-hybridized carbons (Fsp3) is 0.800. The number of aliphatic hydroxyl groups excluding tert-OH is 1. The minimum absolute atomic E-state index is 0.0202. The molecule has 2 atom stereocenters. The molecule has 2 aliphatic heterocycles. The van der Waals surface area contributed by atoms with Crippen molar-refractivity contribution in [3.63, 3.8) is 0 Å². The van der Waals surface area contributed by atoms with Crippen LogP contribution in [-0.2, 0) is 9.59 Å². The van der Waals surface area contributed by atoms with Crippen LogP contribution >= 0.6 is 0 Å². The Bertz CT molecular complexity index is 280. The highest BCUT2D eigenvalue weighted by atomic mass is 16.3. The smallest absolute Gasteiger partial charge is 0.245 e. The van der Waals surface area contributed by atoms with Gasteiger partial charge in [0.2, 0.25) is 11.8 Å². The van der Waals surface area contributed by atoms with E-state index in [9.17, 15) is 9.59 Å². The highest BCUT2D eigenvalue weighted by molar-refractivity contribution is 5.91. The largest absolute Gasteiger partial charge is 0.394 e. The van der Waals surface area contributed by atoms with Gasteiger partial charge in [0.05, 0.1) is 12.6 Å². The number of hydrogen-bond acceptors (Lipinski definition) is 3. The summed E-state index contributed by atoms with van der Waals surface area (Å²) in [6.07, 6.45) is 2.83. The van der Waals surface area contributed by atoms with Crippen LogP contribution in [0.15, 0.2) is 0 Å². The van der Waals surface area contributed by atoms with E-state index in [0.717, 1.165) is 12.8 Å². The quantitative estimate of drug-likeness (QED) is 0.632. The summed E-state index contributed by atoms with van der Waals surface area (Å²) in [7, 11) is 0. The maximum absolute atomic E-state index is 12.0. The molecule has 0 spiro atoms. The van der Waals surface area contributed by atoms with Gasteiger partial charge in [-0.2, -0.15) is 0 Å². The lowest BCUT2D eigenvalue weighted by Gasteiger charge is -2.25. The average molecular weight is 212 g/mol. The van der Waals surface area contributed by atoms with Gasteiger partial charge in [0.1, 0.15) is 6.04 Å². The van der Waals surface area contributed by atoms with Gasteiger partial charge < -0.3 is 15.3 Å². The Morgan fingerprint density at radius 2 is 2.33 bits per heavy atom. The summed E-state index contributed by atoms with van der Waals surface area (Å²) in [5, 5.41) is 11.8. The highest BCUT2D eigenvalue weighted by Crippen LogP contribution is 2.20. The molecule has 2 fully saturated rings. The standard InChI is InChI=1S/C10H16N2O3/c13-6-7-2-1-5-12(7)10(15)8-3-4-9(14)11-8/h7-8,13H,1-6H2,(H,11,14)/t7-,8+/m1/s1. The number of carbonyl (C=O) groups excluding carboxylic acids is 2. The molecule has 2 aliphatic rings. The number of aliphatic hydroxyl groups is 1. The number of nitrogens with one attached hydrogen (secondary N) is 1. The number of carbonyl (C=O) groups is 2. The minimum Gasteiger partial charge on any atom is -0.394 e. The zero-order valence-electron chi connectivity index (χ0n) is 8.61. The summed E-state index contributed by atoms with van der Waals surface area (Å²) in [6, 6.07) is -0.403. The third kappa shape index (κ3) is 1.97. The Morgan fingerprint density at radius 1 is 1.53 bits per heavy atom. The van der Waals surface area contributed by atoms with Crippen LogP contribution in [0.4, 0.5) is 0 Å². The lowest BCUT2D eigenvalue weighted by molar-refractivity contribution is -0.135. The Labute approximate surface area is 88.4 Å². The monoisotopic (exact) mass is 212 g/mol. The normalized spacial score (nSPS) is 30.7. The van der Waals surface area contributed by atoms with Crippen LogP contribution in [0, 0.1) is 0 Å². The second-order valence-electron chi connectivity index (χ2n) is 4.17. The number of likely N-dealkylation sites (tertiary alicyclic amines) is 1. The SMILES string of the molecule is O=C1CC[C@@H](C(=O)N2CCC[C@@H]2CO)N1. The molecule has 2 amide bonds. The zero-order valence-corrected chi connectivity index (χ0v) is 8.61. The first-order valence-electron chi connectivity index (χ1n) is 5.43. The molecule has 0 aromatic carbocycles. The zero-order chi connectivity index (χ0) is 10.8. The Balaban J connectivity index is 1.98. The number of nitrogens with zero attached hydrogens (tertiary/aromatic N) is 1. The molecule has 0 unspecified atom stereocenters. The van der Waals surface area contributed by atoms with E-state index in [2.05, 4.69) is 5.32 Å². The first-order valence-corrected chi connectivity index (χ1v) is 5.43. The molecule has 0 aliphatic carbocycles. The van der Waals surface area contributed by atoms with Gasteiger partial charge in [-0.15, -0.1) is 0 Å². The van der Waals surface area contributed by atoms with Gasteiger partial charge in [-0.1, -0.05) is 0 Å². The van der Waals surface area contributed by atoms with Crippen molar-refractivity contribution in [2.24, 2.45) is 0 Å². The summed E-state index contributed by atoms with van der Waals surface area (Å²) >= 11 is 0. The van der Waals surface area contributed by atoms with Crippen molar-refractivity contribution in [2.45, 2.75) is 37.8 Å². The molecule has 0 saturated carbocycles. The van der Waals surface area contributed by atoms with Gasteiger partial charge in [0.25, 0.3) is 0 Å². The van der Waals surface area contributed by atoms with Gasteiger partial charge in [-0.05, 0) is 19.3 Å². The lowest BCUT2D eigenvalue weighted by atomic mass is 10.2. The predicted octanol–water partition coefficient (Wildman–Crippen LogP) is -0.752. The fourth-order valence-corrected chi connectivity index (χ4v) is 2.32. The second-order valence-corrected chi connectivity index (χ2v) is 4.17. The molecule has 0 bridgehead atoms. The van der Waals surface area contributed by atoms with Gasteiger partial charge in [0.15, 0.2) is 0 Å². The number of hydrogen-bond donors (Lipinski definition) is 2. The lowest BCUT2D eigenvalue weighted by Crippen LogP contribution is -2.47. The number of rotatable bonds is 2. The third-order valence-electron chi connectivity index (χ3n) is 3.16. The molecule has 2 rings (SSSR count). The van der Waals surface area contributed by atoms with E-state index in [1.54, 1.807) is 4.90 Å². The van der Waals surface area contributed by atoms with E-state index < -0.39 is 0 Å². The molecule has 2 saturated heterocycles. The maximum Gasteiger partial charge on any atom is 0.245 e. The molecule has 5 heteroatoms.